The first-order chi connectivity index (χ1) is 11.4. The number of nitrogens with zero attached hydrogens (tertiary/aromatic N) is 1. The van der Waals surface area contributed by atoms with Crippen molar-refractivity contribution >= 4 is 0 Å². The van der Waals surface area contributed by atoms with E-state index in [1.165, 1.54) is 44.6 Å². The Labute approximate surface area is 144 Å². The molecule has 2 N–H and O–H groups in total. The number of aryl methyl sites for hydroxylation is 1. The van der Waals surface area contributed by atoms with Crippen LogP contribution < -0.4 is 0 Å². The second kappa shape index (κ2) is 10.4. The largest absolute Gasteiger partial charge is 0.389 e. The molecule has 0 bridgehead atoms. The van der Waals surface area contributed by atoms with Gasteiger partial charge in [0.25, 0.3) is 0 Å². The summed E-state index contributed by atoms with van der Waals surface area (Å²) in [6, 6.07) is 7.61. The van der Waals surface area contributed by atoms with Gasteiger partial charge in [-0.3, -0.25) is 10.1 Å². The molecule has 5 nitrogen and oxygen atoms in total. The summed E-state index contributed by atoms with van der Waals surface area (Å²) in [4.78, 5) is 10.5. The van der Waals surface area contributed by atoms with E-state index < -0.39 is 23.2 Å². The highest BCUT2D eigenvalue weighted by molar-refractivity contribution is 5.24. The van der Waals surface area contributed by atoms with Crippen molar-refractivity contribution in [1.29, 1.82) is 0 Å². The maximum Gasteiger partial charge on any atom is 0.244 e. The first-order valence-electron chi connectivity index (χ1n) is 8.95. The summed E-state index contributed by atoms with van der Waals surface area (Å²) in [5, 5.41) is 30.4. The molecular formula is C19H31NO4. The van der Waals surface area contributed by atoms with Gasteiger partial charge in [0, 0.05) is 11.8 Å². The Bertz CT molecular complexity index is 489. The van der Waals surface area contributed by atoms with E-state index in [2.05, 4.69) is 6.92 Å². The van der Waals surface area contributed by atoms with Gasteiger partial charge in [-0.05, 0) is 24.0 Å². The molecule has 0 aliphatic rings. The molecular weight excluding hydrogens is 306 g/mol. The first kappa shape index (κ1) is 20.6. The normalized spacial score (nSPS) is 15.0. The maximum absolute atomic E-state index is 11.0. The van der Waals surface area contributed by atoms with Crippen LogP contribution in [0.15, 0.2) is 24.3 Å². The van der Waals surface area contributed by atoms with Crippen LogP contribution >= 0.6 is 0 Å². The molecule has 2 atom stereocenters. The van der Waals surface area contributed by atoms with Gasteiger partial charge >= 0.3 is 0 Å². The monoisotopic (exact) mass is 337 g/mol. The standard InChI is InChI=1S/C19H31NO4/c1-3-4-5-6-7-8-9-16-10-12-17(13-11-16)18(22)14-19(2,15-21)20(23)24/h10-13,18,21-22H,3-9,14-15H2,1-2H3. The Kier molecular flexibility index (Phi) is 8.93. The number of aliphatic hydroxyl groups is 2. The quantitative estimate of drug-likeness (QED) is 0.342. The van der Waals surface area contributed by atoms with Gasteiger partial charge in [0.15, 0.2) is 0 Å². The highest BCUT2D eigenvalue weighted by Gasteiger charge is 2.39. The van der Waals surface area contributed by atoms with E-state index in [9.17, 15) is 20.3 Å². The zero-order valence-electron chi connectivity index (χ0n) is 14.9. The van der Waals surface area contributed by atoms with Crippen LogP contribution in [0.2, 0.25) is 0 Å². The Hall–Kier alpha value is -1.46. The van der Waals surface area contributed by atoms with Crippen LogP contribution in [0.4, 0.5) is 0 Å². The maximum atomic E-state index is 11.0. The van der Waals surface area contributed by atoms with Gasteiger partial charge in [0.1, 0.15) is 6.61 Å². The summed E-state index contributed by atoms with van der Waals surface area (Å²) in [5.74, 6) is 0. The summed E-state index contributed by atoms with van der Waals surface area (Å²) in [5.41, 5.74) is 0.361. The van der Waals surface area contributed by atoms with Crippen molar-refractivity contribution < 1.29 is 15.1 Å². The van der Waals surface area contributed by atoms with Gasteiger partial charge in [-0.2, -0.15) is 0 Å². The number of benzene rings is 1. The van der Waals surface area contributed by atoms with E-state index in [-0.39, 0.29) is 6.42 Å². The van der Waals surface area contributed by atoms with Gasteiger partial charge in [0.05, 0.1) is 12.5 Å². The molecule has 136 valence electrons. The van der Waals surface area contributed by atoms with E-state index >= 15 is 0 Å². The SMILES string of the molecule is CCCCCCCCc1ccc(C(O)CC(C)(CO)[N+](=O)[O-])cc1. The van der Waals surface area contributed by atoms with Crippen LogP contribution in [0, 0.1) is 10.1 Å². The summed E-state index contributed by atoms with van der Waals surface area (Å²) < 4.78 is 0. The van der Waals surface area contributed by atoms with Gasteiger partial charge < -0.3 is 10.2 Å². The summed E-state index contributed by atoms with van der Waals surface area (Å²) >= 11 is 0. The fraction of sp³-hybridized carbons (Fsp3) is 0.684. The van der Waals surface area contributed by atoms with E-state index in [1.807, 2.05) is 24.3 Å². The first-order valence-corrected chi connectivity index (χ1v) is 8.95. The molecule has 0 fully saturated rings. The smallest absolute Gasteiger partial charge is 0.244 e. The number of aliphatic hydroxyl groups excluding tert-OH is 2. The molecule has 5 heteroatoms. The molecule has 0 heterocycles. The predicted octanol–water partition coefficient (Wildman–Crippen LogP) is 4.04. The second-order valence-corrected chi connectivity index (χ2v) is 6.89. The molecule has 0 aliphatic heterocycles. The zero-order valence-corrected chi connectivity index (χ0v) is 14.9. The fourth-order valence-corrected chi connectivity index (χ4v) is 2.75. The minimum Gasteiger partial charge on any atom is -0.389 e. The summed E-state index contributed by atoms with van der Waals surface area (Å²) in [7, 11) is 0. The molecule has 0 radical (unpaired) electrons. The van der Waals surface area contributed by atoms with Crippen molar-refractivity contribution in [2.45, 2.75) is 76.9 Å². The van der Waals surface area contributed by atoms with Crippen LogP contribution in [0.25, 0.3) is 0 Å². The molecule has 1 aromatic carbocycles. The second-order valence-electron chi connectivity index (χ2n) is 6.89. The molecule has 1 aromatic rings. The zero-order chi connectivity index (χ0) is 18.0. The van der Waals surface area contributed by atoms with Crippen molar-refractivity contribution in [3.05, 3.63) is 45.5 Å². The molecule has 0 amide bonds. The third kappa shape index (κ3) is 6.57. The van der Waals surface area contributed by atoms with Crippen molar-refractivity contribution in [3.63, 3.8) is 0 Å². The lowest BCUT2D eigenvalue weighted by molar-refractivity contribution is -0.572. The predicted molar refractivity (Wildman–Crippen MR) is 95.6 cm³/mol. The molecule has 0 saturated carbocycles. The highest BCUT2D eigenvalue weighted by atomic mass is 16.6. The third-order valence-corrected chi connectivity index (χ3v) is 4.60. The average molecular weight is 337 g/mol. The lowest BCUT2D eigenvalue weighted by atomic mass is 9.92. The molecule has 0 aliphatic carbocycles. The van der Waals surface area contributed by atoms with E-state index in [4.69, 9.17) is 0 Å². The molecule has 24 heavy (non-hydrogen) atoms. The van der Waals surface area contributed by atoms with Crippen LogP contribution in [0.5, 0.6) is 0 Å². The van der Waals surface area contributed by atoms with Crippen molar-refractivity contribution in [2.75, 3.05) is 6.61 Å². The van der Waals surface area contributed by atoms with Gasteiger partial charge in [-0.15, -0.1) is 0 Å². The van der Waals surface area contributed by atoms with Crippen LogP contribution in [0.3, 0.4) is 0 Å². The number of rotatable bonds is 12. The Balaban J connectivity index is 2.47. The van der Waals surface area contributed by atoms with E-state index in [0.29, 0.717) is 5.56 Å². The lowest BCUT2D eigenvalue weighted by Crippen LogP contribution is -2.40. The minimum absolute atomic E-state index is 0.104. The Morgan fingerprint density at radius 1 is 1.12 bits per heavy atom. The molecule has 0 saturated heterocycles. The Morgan fingerprint density at radius 3 is 2.25 bits per heavy atom. The van der Waals surface area contributed by atoms with E-state index in [1.54, 1.807) is 0 Å². The van der Waals surface area contributed by atoms with Crippen molar-refractivity contribution in [3.8, 4) is 0 Å². The van der Waals surface area contributed by atoms with Gasteiger partial charge in [0.2, 0.25) is 5.54 Å². The average Bonchev–Trinajstić information content (AvgIpc) is 2.58. The van der Waals surface area contributed by atoms with Gasteiger partial charge in [-0.1, -0.05) is 63.3 Å². The minimum atomic E-state index is -1.52. The number of nitro groups is 1. The van der Waals surface area contributed by atoms with Crippen LogP contribution in [-0.4, -0.2) is 27.3 Å². The van der Waals surface area contributed by atoms with Crippen LogP contribution in [-0.2, 0) is 6.42 Å². The Morgan fingerprint density at radius 2 is 1.71 bits per heavy atom. The number of hydrogen-bond acceptors (Lipinski definition) is 4. The third-order valence-electron chi connectivity index (χ3n) is 4.60. The van der Waals surface area contributed by atoms with Crippen molar-refractivity contribution in [2.24, 2.45) is 0 Å². The number of unbranched alkanes of at least 4 members (excludes halogenated alkanes) is 5. The van der Waals surface area contributed by atoms with Gasteiger partial charge in [-0.25, -0.2) is 0 Å². The molecule has 2 unspecified atom stereocenters. The van der Waals surface area contributed by atoms with Crippen molar-refractivity contribution in [1.82, 2.24) is 0 Å². The summed E-state index contributed by atoms with van der Waals surface area (Å²) in [6.45, 7) is 2.97. The number of hydrogen-bond donors (Lipinski definition) is 2. The van der Waals surface area contributed by atoms with E-state index in [0.717, 1.165) is 12.8 Å². The highest BCUT2D eigenvalue weighted by Crippen LogP contribution is 2.26. The molecule has 0 aromatic heterocycles. The molecule has 1 rings (SSSR count). The van der Waals surface area contributed by atoms with Crippen LogP contribution in [0.1, 0.15) is 76.0 Å². The topological polar surface area (TPSA) is 83.6 Å². The fourth-order valence-electron chi connectivity index (χ4n) is 2.75. The lowest BCUT2D eigenvalue weighted by Gasteiger charge is -2.21. The summed E-state index contributed by atoms with van der Waals surface area (Å²) in [6.07, 6.45) is 7.53. The molecule has 0 spiro atoms.